The predicted octanol–water partition coefficient (Wildman–Crippen LogP) is 0.699. The molecule has 184 valence electrons. The third-order valence-corrected chi connectivity index (χ3v) is 7.21. The minimum absolute atomic E-state index is 0.0338. The number of nitrogens with zero attached hydrogens (tertiary/aromatic N) is 4. The summed E-state index contributed by atoms with van der Waals surface area (Å²) in [7, 11) is 0. The van der Waals surface area contributed by atoms with Gasteiger partial charge in [0.25, 0.3) is 11.8 Å². The van der Waals surface area contributed by atoms with Crippen LogP contribution in [0.3, 0.4) is 0 Å². The third kappa shape index (κ3) is 4.55. The molecule has 1 aromatic heterocycles. The second-order valence-corrected chi connectivity index (χ2v) is 9.45. The lowest BCUT2D eigenvalue weighted by molar-refractivity contribution is -0.136. The molecule has 2 fully saturated rings. The molecule has 3 atom stereocenters. The van der Waals surface area contributed by atoms with E-state index in [1.807, 2.05) is 0 Å². The van der Waals surface area contributed by atoms with Gasteiger partial charge in [-0.15, -0.1) is 5.10 Å². The van der Waals surface area contributed by atoms with E-state index in [1.165, 1.54) is 15.8 Å². The minimum Gasteiger partial charge on any atom is -0.396 e. The van der Waals surface area contributed by atoms with E-state index in [0.29, 0.717) is 24.2 Å². The number of hydrogen-bond donors (Lipinski definition) is 3. The average Bonchev–Trinajstić information content (AvgIpc) is 3.39. The van der Waals surface area contributed by atoms with Crippen LogP contribution in [0.15, 0.2) is 24.4 Å². The van der Waals surface area contributed by atoms with Crippen LogP contribution >= 0.6 is 0 Å². The molecular formula is C24H28N6O5. The molecule has 5 rings (SSSR count). The zero-order valence-electron chi connectivity index (χ0n) is 19.3. The summed E-state index contributed by atoms with van der Waals surface area (Å²) in [5, 5.41) is 23.1. The summed E-state index contributed by atoms with van der Waals surface area (Å²) < 4.78 is 1.44. The first-order chi connectivity index (χ1) is 16.9. The number of carbonyl (C=O) groups excluding carboxylic acids is 4. The number of carbonyl (C=O) groups is 4. The zero-order chi connectivity index (χ0) is 24.5. The number of benzene rings is 1. The minimum atomic E-state index is -0.676. The fourth-order valence-electron chi connectivity index (χ4n) is 5.21. The second kappa shape index (κ2) is 9.57. The van der Waals surface area contributed by atoms with Gasteiger partial charge in [0.2, 0.25) is 11.8 Å². The number of piperidine rings is 1. The highest BCUT2D eigenvalue weighted by molar-refractivity contribution is 6.05. The van der Waals surface area contributed by atoms with E-state index in [9.17, 15) is 24.3 Å². The lowest BCUT2D eigenvalue weighted by atomic mass is 9.95. The van der Waals surface area contributed by atoms with Gasteiger partial charge in [0, 0.05) is 37.1 Å². The van der Waals surface area contributed by atoms with Crippen LogP contribution in [0.5, 0.6) is 0 Å². The molecule has 0 spiro atoms. The maximum atomic E-state index is 13.1. The quantitative estimate of drug-likeness (QED) is 0.422. The number of rotatable bonds is 5. The van der Waals surface area contributed by atoms with Crippen molar-refractivity contribution in [2.45, 2.75) is 63.6 Å². The molecule has 0 radical (unpaired) electrons. The lowest BCUT2D eigenvalue weighted by Gasteiger charge is -2.29. The summed E-state index contributed by atoms with van der Waals surface area (Å²) in [6.45, 7) is 0.329. The monoisotopic (exact) mass is 480 g/mol. The molecule has 3 aliphatic rings. The Balaban J connectivity index is 1.30. The average molecular weight is 481 g/mol. The van der Waals surface area contributed by atoms with Crippen molar-refractivity contribution in [2.75, 3.05) is 6.61 Å². The van der Waals surface area contributed by atoms with Gasteiger partial charge in [0.1, 0.15) is 6.04 Å². The number of nitrogens with one attached hydrogen (secondary N) is 2. The van der Waals surface area contributed by atoms with Crippen LogP contribution in [0, 0.1) is 5.92 Å². The maximum Gasteiger partial charge on any atom is 0.273 e. The van der Waals surface area contributed by atoms with Crippen LogP contribution < -0.4 is 10.6 Å². The van der Waals surface area contributed by atoms with E-state index in [-0.39, 0.29) is 48.4 Å². The number of imide groups is 1. The van der Waals surface area contributed by atoms with E-state index in [4.69, 9.17) is 0 Å². The van der Waals surface area contributed by atoms with Gasteiger partial charge < -0.3 is 15.3 Å². The maximum absolute atomic E-state index is 13.1. The van der Waals surface area contributed by atoms with Crippen LogP contribution in [0.4, 0.5) is 0 Å². The van der Waals surface area contributed by atoms with Crippen molar-refractivity contribution in [2.24, 2.45) is 5.92 Å². The molecule has 3 heterocycles. The second-order valence-electron chi connectivity index (χ2n) is 9.45. The van der Waals surface area contributed by atoms with Crippen molar-refractivity contribution in [1.29, 1.82) is 0 Å². The third-order valence-electron chi connectivity index (χ3n) is 7.21. The van der Waals surface area contributed by atoms with Gasteiger partial charge in [-0.3, -0.25) is 24.5 Å². The Hall–Kier alpha value is -3.60. The van der Waals surface area contributed by atoms with Crippen molar-refractivity contribution in [3.63, 3.8) is 0 Å². The van der Waals surface area contributed by atoms with E-state index in [2.05, 4.69) is 20.9 Å². The molecule has 0 bridgehead atoms. The van der Waals surface area contributed by atoms with Crippen molar-refractivity contribution in [1.82, 2.24) is 30.5 Å². The van der Waals surface area contributed by atoms with E-state index >= 15 is 0 Å². The van der Waals surface area contributed by atoms with Crippen LogP contribution in [0.1, 0.15) is 71.4 Å². The largest absolute Gasteiger partial charge is 0.396 e. The first-order valence-electron chi connectivity index (χ1n) is 12.1. The summed E-state index contributed by atoms with van der Waals surface area (Å²) in [5.41, 5.74) is 1.96. The fourth-order valence-corrected chi connectivity index (χ4v) is 5.21. The Morgan fingerprint density at radius 2 is 1.97 bits per heavy atom. The van der Waals surface area contributed by atoms with Crippen LogP contribution in [-0.2, 0) is 16.1 Å². The Labute approximate surface area is 201 Å². The number of aliphatic hydroxyl groups excluding tert-OH is 1. The molecule has 11 heteroatoms. The molecule has 2 aromatic rings. The van der Waals surface area contributed by atoms with Crippen LogP contribution in [0.25, 0.3) is 5.69 Å². The van der Waals surface area contributed by atoms with Gasteiger partial charge in [0.15, 0.2) is 5.69 Å². The number of aromatic nitrogens is 3. The summed E-state index contributed by atoms with van der Waals surface area (Å²) >= 11 is 0. The molecule has 4 amide bonds. The zero-order valence-corrected chi connectivity index (χ0v) is 19.3. The van der Waals surface area contributed by atoms with Gasteiger partial charge in [-0.1, -0.05) is 30.5 Å². The van der Waals surface area contributed by atoms with Gasteiger partial charge >= 0.3 is 0 Å². The number of amides is 4. The highest BCUT2D eigenvalue weighted by atomic mass is 16.3. The van der Waals surface area contributed by atoms with Crippen LogP contribution in [0.2, 0.25) is 0 Å². The highest BCUT2D eigenvalue weighted by Gasteiger charge is 2.39. The Kier molecular flexibility index (Phi) is 6.33. The Morgan fingerprint density at radius 1 is 1.14 bits per heavy atom. The van der Waals surface area contributed by atoms with Crippen molar-refractivity contribution >= 4 is 23.6 Å². The summed E-state index contributed by atoms with van der Waals surface area (Å²) in [6.07, 6.45) is 6.87. The standard InChI is InChI=1S/C24H28N6O5/c31-13-15-4-2-1-3-5-18(15)25-22(33)19-12-30(28-27-19)16-7-6-14-11-29(24(35)17(14)10-16)20-8-9-21(32)26-23(20)34/h6-7,10,12,15,18,20,31H,1-5,8-9,11,13H2,(H,25,33)(H,26,32,34). The van der Waals surface area contributed by atoms with Gasteiger partial charge in [0.05, 0.1) is 11.9 Å². The summed E-state index contributed by atoms with van der Waals surface area (Å²) in [5.74, 6) is -1.37. The molecule has 1 saturated heterocycles. The van der Waals surface area contributed by atoms with E-state index in [0.717, 1.165) is 37.7 Å². The number of aliphatic hydroxyl groups is 1. The smallest absolute Gasteiger partial charge is 0.273 e. The molecule has 1 aromatic carbocycles. The van der Waals surface area contributed by atoms with Gasteiger partial charge in [-0.25, -0.2) is 4.68 Å². The Bertz CT molecular complexity index is 1180. The number of fused-ring (bicyclic) bond motifs is 1. The normalized spacial score (nSPS) is 24.7. The van der Waals surface area contributed by atoms with E-state index in [1.54, 1.807) is 18.2 Å². The SMILES string of the molecule is O=C1CCC(N2Cc3ccc(-n4cc(C(=O)NC5CCCCCC5CO)nn4)cc3C2=O)C(=O)N1. The molecule has 2 aliphatic heterocycles. The molecule has 3 N–H and O–H groups in total. The molecule has 3 unspecified atom stereocenters. The summed E-state index contributed by atoms with van der Waals surface area (Å²) in [6, 6.07) is 4.48. The Morgan fingerprint density at radius 3 is 2.77 bits per heavy atom. The first kappa shape index (κ1) is 23.2. The molecule has 1 aliphatic carbocycles. The number of hydrogen-bond acceptors (Lipinski definition) is 7. The van der Waals surface area contributed by atoms with Crippen molar-refractivity contribution in [3.05, 3.63) is 41.2 Å². The molecule has 35 heavy (non-hydrogen) atoms. The van der Waals surface area contributed by atoms with Crippen molar-refractivity contribution in [3.8, 4) is 5.69 Å². The van der Waals surface area contributed by atoms with Gasteiger partial charge in [-0.2, -0.15) is 0 Å². The summed E-state index contributed by atoms with van der Waals surface area (Å²) in [4.78, 5) is 51.1. The molecule has 1 saturated carbocycles. The molecular weight excluding hydrogens is 452 g/mol. The predicted molar refractivity (Wildman–Crippen MR) is 122 cm³/mol. The van der Waals surface area contributed by atoms with E-state index < -0.39 is 11.9 Å². The van der Waals surface area contributed by atoms with Crippen LogP contribution in [-0.4, -0.2) is 67.3 Å². The fraction of sp³-hybridized carbons (Fsp3) is 0.500. The molecule has 11 nitrogen and oxygen atoms in total. The topological polar surface area (TPSA) is 147 Å². The highest BCUT2D eigenvalue weighted by Crippen LogP contribution is 2.29. The lowest BCUT2D eigenvalue weighted by Crippen LogP contribution is -2.52. The van der Waals surface area contributed by atoms with Crippen molar-refractivity contribution < 1.29 is 24.3 Å². The first-order valence-corrected chi connectivity index (χ1v) is 12.1. The van der Waals surface area contributed by atoms with Gasteiger partial charge in [-0.05, 0) is 37.0 Å².